The number of phosphoric acid groups is 2. The number of phosphoric ester groups is 2. The average Bonchev–Trinajstić information content (AvgIpc) is 2.45. The second kappa shape index (κ2) is 63.5. The number of aliphatic hydroxyl groups excluding tert-OH is 1. The molecule has 0 fully saturated rings. The summed E-state index contributed by atoms with van der Waals surface area (Å²) in [6.07, 6.45) is 47.5. The number of hydrogen-bond acceptors (Lipinski definition) is 15. The minimum Gasteiger partial charge on any atom is -0.462 e. The van der Waals surface area contributed by atoms with Crippen LogP contribution in [0.15, 0.2) is 0 Å². The van der Waals surface area contributed by atoms with E-state index < -0.39 is 97.5 Å². The van der Waals surface area contributed by atoms with Gasteiger partial charge in [0.15, 0.2) is 12.2 Å². The monoisotopic (exact) mass is 1370 g/mol. The second-order valence-corrected chi connectivity index (χ2v) is 31.5. The lowest BCUT2D eigenvalue weighted by molar-refractivity contribution is -0.161. The SMILES string of the molecule is CC(C)CCCCCCCCCCCCCCCCCCC(=O)OC[C@H](COP(=O)(O)OC[C@@H](O)COP(=O)(O)OC[C@@H](COC(=O)CCCCCCCCC(C)C)OC(=O)CCCCCCCCCC(C)C)OC(=O)CCCCCCCCCCCCCCC(C)C. The number of ether oxygens (including phenoxy) is 4. The van der Waals surface area contributed by atoms with Crippen LogP contribution in [-0.2, 0) is 65.4 Å². The van der Waals surface area contributed by atoms with Crippen LogP contribution in [0, 0.1) is 23.7 Å². The molecule has 0 amide bonds. The molecule has 0 aromatic rings. The van der Waals surface area contributed by atoms with Crippen molar-refractivity contribution in [2.45, 2.75) is 388 Å². The Morgan fingerprint density at radius 1 is 0.269 bits per heavy atom. The first kappa shape index (κ1) is 91.1. The summed E-state index contributed by atoms with van der Waals surface area (Å²) in [6.45, 7) is 14.1. The molecule has 0 heterocycles. The van der Waals surface area contributed by atoms with E-state index in [0.29, 0.717) is 37.5 Å². The summed E-state index contributed by atoms with van der Waals surface area (Å²) in [5.41, 5.74) is 0. The Morgan fingerprint density at radius 2 is 0.452 bits per heavy atom. The van der Waals surface area contributed by atoms with Gasteiger partial charge in [0.25, 0.3) is 0 Å². The van der Waals surface area contributed by atoms with Crippen molar-refractivity contribution >= 4 is 39.5 Å². The van der Waals surface area contributed by atoms with Gasteiger partial charge in [-0.15, -0.1) is 0 Å². The molecule has 19 heteroatoms. The van der Waals surface area contributed by atoms with Gasteiger partial charge >= 0.3 is 39.5 Å². The van der Waals surface area contributed by atoms with Crippen LogP contribution in [0.5, 0.6) is 0 Å². The maximum absolute atomic E-state index is 13.1. The first-order chi connectivity index (χ1) is 44.6. The van der Waals surface area contributed by atoms with E-state index in [4.69, 9.17) is 37.0 Å². The molecule has 17 nitrogen and oxygen atoms in total. The highest BCUT2D eigenvalue weighted by molar-refractivity contribution is 7.47. The van der Waals surface area contributed by atoms with Crippen LogP contribution in [0.2, 0.25) is 0 Å². The lowest BCUT2D eigenvalue weighted by Gasteiger charge is -2.21. The van der Waals surface area contributed by atoms with E-state index in [1.54, 1.807) is 0 Å². The molecule has 0 aliphatic heterocycles. The molecule has 2 unspecified atom stereocenters. The van der Waals surface area contributed by atoms with Crippen molar-refractivity contribution in [3.8, 4) is 0 Å². The minimum absolute atomic E-state index is 0.102. The quantitative estimate of drug-likeness (QED) is 0.0222. The number of rotatable bonds is 71. The van der Waals surface area contributed by atoms with Crippen molar-refractivity contribution in [3.63, 3.8) is 0 Å². The maximum Gasteiger partial charge on any atom is 0.472 e. The molecule has 0 aromatic carbocycles. The number of carbonyl (C=O) groups is 4. The molecule has 93 heavy (non-hydrogen) atoms. The van der Waals surface area contributed by atoms with Crippen LogP contribution in [-0.4, -0.2) is 96.7 Å². The smallest absolute Gasteiger partial charge is 0.462 e. The number of esters is 4. The van der Waals surface area contributed by atoms with Crippen molar-refractivity contribution in [2.24, 2.45) is 23.7 Å². The third kappa shape index (κ3) is 68.4. The lowest BCUT2D eigenvalue weighted by atomic mass is 10.0. The van der Waals surface area contributed by atoms with E-state index in [9.17, 15) is 43.2 Å². The third-order valence-electron chi connectivity index (χ3n) is 17.1. The summed E-state index contributed by atoms with van der Waals surface area (Å²) in [5, 5.41) is 10.6. The topological polar surface area (TPSA) is 237 Å². The van der Waals surface area contributed by atoms with Gasteiger partial charge in [-0.25, -0.2) is 9.13 Å². The van der Waals surface area contributed by atoms with Crippen LogP contribution in [0.25, 0.3) is 0 Å². The summed E-state index contributed by atoms with van der Waals surface area (Å²) in [6, 6.07) is 0. The minimum atomic E-state index is -4.96. The van der Waals surface area contributed by atoms with Crippen molar-refractivity contribution in [1.29, 1.82) is 0 Å². The summed E-state index contributed by atoms with van der Waals surface area (Å²) < 4.78 is 68.4. The fraction of sp³-hybridized carbons (Fsp3) is 0.946. The van der Waals surface area contributed by atoms with Crippen molar-refractivity contribution in [2.75, 3.05) is 39.6 Å². The van der Waals surface area contributed by atoms with Crippen LogP contribution >= 0.6 is 15.6 Å². The van der Waals surface area contributed by atoms with Gasteiger partial charge in [-0.05, 0) is 49.4 Å². The van der Waals surface area contributed by atoms with Crippen molar-refractivity contribution in [1.82, 2.24) is 0 Å². The Labute approximate surface area is 568 Å². The molecule has 0 rings (SSSR count). The van der Waals surface area contributed by atoms with Gasteiger partial charge in [0.2, 0.25) is 0 Å². The molecule has 0 aliphatic rings. The highest BCUT2D eigenvalue weighted by Gasteiger charge is 2.30. The normalized spacial score (nSPS) is 14.2. The molecule has 5 atom stereocenters. The Bertz CT molecular complexity index is 1830. The summed E-state index contributed by atoms with van der Waals surface area (Å²) >= 11 is 0. The largest absolute Gasteiger partial charge is 0.472 e. The summed E-state index contributed by atoms with van der Waals surface area (Å²) in [4.78, 5) is 72.6. The van der Waals surface area contributed by atoms with E-state index in [1.165, 1.54) is 167 Å². The first-order valence-electron chi connectivity index (χ1n) is 38.2. The van der Waals surface area contributed by atoms with Crippen molar-refractivity contribution < 1.29 is 80.2 Å². The average molecular weight is 1370 g/mol. The van der Waals surface area contributed by atoms with E-state index in [-0.39, 0.29) is 25.7 Å². The van der Waals surface area contributed by atoms with E-state index in [1.807, 2.05) is 0 Å². The third-order valence-corrected chi connectivity index (χ3v) is 19.0. The Kier molecular flexibility index (Phi) is 62.2. The van der Waals surface area contributed by atoms with Crippen LogP contribution in [0.3, 0.4) is 0 Å². The summed E-state index contributed by atoms with van der Waals surface area (Å²) in [7, 11) is -9.91. The van der Waals surface area contributed by atoms with Crippen molar-refractivity contribution in [3.05, 3.63) is 0 Å². The molecule has 0 radical (unpaired) electrons. The van der Waals surface area contributed by atoms with Gasteiger partial charge in [-0.3, -0.25) is 37.3 Å². The number of unbranched alkanes of at least 4 members (excludes halogenated alkanes) is 37. The van der Waals surface area contributed by atoms with E-state index in [2.05, 4.69) is 55.4 Å². The Hall–Kier alpha value is -1.94. The summed E-state index contributed by atoms with van der Waals surface area (Å²) in [5.74, 6) is 0.837. The molecule has 552 valence electrons. The fourth-order valence-electron chi connectivity index (χ4n) is 11.2. The Morgan fingerprint density at radius 3 is 0.667 bits per heavy atom. The van der Waals surface area contributed by atoms with Crippen LogP contribution in [0.4, 0.5) is 0 Å². The zero-order valence-electron chi connectivity index (χ0n) is 60.9. The maximum atomic E-state index is 13.1. The van der Waals surface area contributed by atoms with Crippen LogP contribution < -0.4 is 0 Å². The van der Waals surface area contributed by atoms with E-state index in [0.717, 1.165) is 108 Å². The zero-order chi connectivity index (χ0) is 68.9. The fourth-order valence-corrected chi connectivity index (χ4v) is 12.8. The van der Waals surface area contributed by atoms with Gasteiger partial charge in [-0.1, -0.05) is 319 Å². The van der Waals surface area contributed by atoms with Gasteiger partial charge in [0.05, 0.1) is 26.4 Å². The van der Waals surface area contributed by atoms with Gasteiger partial charge in [0, 0.05) is 25.7 Å². The molecule has 0 aromatic heterocycles. The zero-order valence-corrected chi connectivity index (χ0v) is 62.7. The standard InChI is InChI=1S/C74H144O17P2/c1-64(2)50-42-34-26-21-17-13-11-9-10-12-14-19-23-29-38-46-54-71(76)84-60-69(90-73(78)56-48-40-30-24-20-16-15-18-22-27-35-43-51-65(3)4)62-88-92(80,81)86-58-68(75)59-87-93(82,83)89-63-70(61-85-72(77)55-47-39-33-32-37-45-53-67(7)8)91-74(79)57-49-41-31-25-28-36-44-52-66(5)6/h64-70,75H,9-63H2,1-8H3,(H,80,81)(H,82,83)/t68-,69-,70-/m1/s1. The Balaban J connectivity index is 5.20. The molecule has 0 saturated heterocycles. The number of hydrogen-bond donors (Lipinski definition) is 3. The van der Waals surface area contributed by atoms with Crippen LogP contribution in [0.1, 0.15) is 370 Å². The highest BCUT2D eigenvalue weighted by atomic mass is 31.2. The predicted molar refractivity (Wildman–Crippen MR) is 377 cm³/mol. The number of carbonyl (C=O) groups excluding carboxylic acids is 4. The highest BCUT2D eigenvalue weighted by Crippen LogP contribution is 2.45. The van der Waals surface area contributed by atoms with E-state index >= 15 is 0 Å². The molecule has 3 N–H and O–H groups in total. The molecule has 0 spiro atoms. The second-order valence-electron chi connectivity index (χ2n) is 28.6. The molecule has 0 aliphatic carbocycles. The lowest BCUT2D eigenvalue weighted by Crippen LogP contribution is -2.30. The molecule has 0 bridgehead atoms. The molecular weight excluding hydrogens is 1220 g/mol. The van der Waals surface area contributed by atoms with Gasteiger partial charge in [-0.2, -0.15) is 0 Å². The predicted octanol–water partition coefficient (Wildman–Crippen LogP) is 21.3. The number of aliphatic hydroxyl groups is 1. The first-order valence-corrected chi connectivity index (χ1v) is 41.2. The van der Waals surface area contributed by atoms with Gasteiger partial charge < -0.3 is 33.8 Å². The van der Waals surface area contributed by atoms with Gasteiger partial charge in [0.1, 0.15) is 19.3 Å². The molecular formula is C74H144O17P2. The molecule has 0 saturated carbocycles.